The van der Waals surface area contributed by atoms with Crippen molar-refractivity contribution in [1.82, 2.24) is 0 Å². The van der Waals surface area contributed by atoms with E-state index in [1.54, 1.807) is 11.3 Å². The monoisotopic (exact) mass is 253 g/mol. The van der Waals surface area contributed by atoms with Gasteiger partial charge in [0.15, 0.2) is 0 Å². The Morgan fingerprint density at radius 2 is 1.71 bits per heavy atom. The maximum absolute atomic E-state index is 6.22. The molecular weight excluding hydrogens is 233 g/mol. The van der Waals surface area contributed by atoms with Crippen LogP contribution in [0.3, 0.4) is 0 Å². The SMILES string of the molecule is Cc1ccc([C@@H](N)B2OC(C)(C)C(C)(C)O2)s1. The third-order valence-corrected chi connectivity index (χ3v) is 4.76. The smallest absolute Gasteiger partial charge is 0.402 e. The van der Waals surface area contributed by atoms with Crippen LogP contribution < -0.4 is 5.73 Å². The molecule has 2 rings (SSSR count). The predicted molar refractivity (Wildman–Crippen MR) is 72.1 cm³/mol. The molecule has 5 heteroatoms. The van der Waals surface area contributed by atoms with Gasteiger partial charge in [0.1, 0.15) is 0 Å². The number of nitrogens with two attached hydrogens (primary N) is 1. The Hall–Kier alpha value is -0.355. The second-order valence-corrected chi connectivity index (χ2v) is 6.92. The van der Waals surface area contributed by atoms with Crippen molar-refractivity contribution in [1.29, 1.82) is 0 Å². The molecule has 17 heavy (non-hydrogen) atoms. The van der Waals surface area contributed by atoms with E-state index in [4.69, 9.17) is 15.0 Å². The van der Waals surface area contributed by atoms with E-state index in [9.17, 15) is 0 Å². The molecule has 0 unspecified atom stereocenters. The van der Waals surface area contributed by atoms with Crippen molar-refractivity contribution in [2.45, 2.75) is 51.8 Å². The fourth-order valence-corrected chi connectivity index (χ4v) is 2.69. The van der Waals surface area contributed by atoms with Crippen LogP contribution in [0.25, 0.3) is 0 Å². The normalized spacial score (nSPS) is 24.0. The fourth-order valence-electron chi connectivity index (χ4n) is 1.80. The lowest BCUT2D eigenvalue weighted by Gasteiger charge is -2.32. The molecular formula is C12H20BNO2S. The molecule has 0 amide bonds. The Morgan fingerprint density at radius 1 is 1.18 bits per heavy atom. The summed E-state index contributed by atoms with van der Waals surface area (Å²) in [5, 5.41) is 0. The van der Waals surface area contributed by atoms with E-state index in [0.717, 1.165) is 4.88 Å². The Bertz CT molecular complexity index is 400. The summed E-state index contributed by atoms with van der Waals surface area (Å²) in [6.45, 7) is 10.2. The van der Waals surface area contributed by atoms with Gasteiger partial charge in [0, 0.05) is 9.75 Å². The van der Waals surface area contributed by atoms with Crippen LogP contribution in [0, 0.1) is 6.92 Å². The first-order valence-corrected chi connectivity index (χ1v) is 6.72. The lowest BCUT2D eigenvalue weighted by atomic mass is 9.78. The first-order valence-electron chi connectivity index (χ1n) is 5.90. The van der Waals surface area contributed by atoms with E-state index in [1.165, 1.54) is 4.88 Å². The van der Waals surface area contributed by atoms with E-state index >= 15 is 0 Å². The second-order valence-electron chi connectivity index (χ2n) is 5.60. The largest absolute Gasteiger partial charge is 0.481 e. The molecule has 2 N–H and O–H groups in total. The van der Waals surface area contributed by atoms with Crippen molar-refractivity contribution in [2.75, 3.05) is 0 Å². The van der Waals surface area contributed by atoms with Crippen LogP contribution in [0.15, 0.2) is 12.1 Å². The number of thiophene rings is 1. The molecule has 2 heterocycles. The van der Waals surface area contributed by atoms with Crippen LogP contribution >= 0.6 is 11.3 Å². The first kappa shape index (κ1) is 13.1. The minimum Gasteiger partial charge on any atom is -0.402 e. The van der Waals surface area contributed by atoms with Crippen LogP contribution in [0.5, 0.6) is 0 Å². The maximum Gasteiger partial charge on any atom is 0.481 e. The second kappa shape index (κ2) is 4.09. The third kappa shape index (κ3) is 2.29. The molecule has 1 aliphatic rings. The van der Waals surface area contributed by atoms with Crippen LogP contribution in [-0.4, -0.2) is 18.3 Å². The molecule has 0 radical (unpaired) electrons. The number of hydrogen-bond acceptors (Lipinski definition) is 4. The van der Waals surface area contributed by atoms with E-state index in [-0.39, 0.29) is 24.3 Å². The maximum atomic E-state index is 6.22. The van der Waals surface area contributed by atoms with Crippen molar-refractivity contribution in [2.24, 2.45) is 5.73 Å². The predicted octanol–water partition coefficient (Wildman–Crippen LogP) is 2.69. The van der Waals surface area contributed by atoms with Crippen molar-refractivity contribution in [3.63, 3.8) is 0 Å². The molecule has 1 aromatic heterocycles. The number of aryl methyl sites for hydroxylation is 1. The lowest BCUT2D eigenvalue weighted by Crippen LogP contribution is -2.41. The molecule has 1 fully saturated rings. The van der Waals surface area contributed by atoms with Crippen LogP contribution in [0.2, 0.25) is 0 Å². The summed E-state index contributed by atoms with van der Waals surface area (Å²) in [6, 6.07) is 4.13. The summed E-state index contributed by atoms with van der Waals surface area (Å²) in [6.07, 6.45) is 0. The molecule has 1 atom stereocenters. The van der Waals surface area contributed by atoms with Crippen molar-refractivity contribution in [3.8, 4) is 0 Å². The minimum atomic E-state index is -0.363. The van der Waals surface area contributed by atoms with Gasteiger partial charge >= 0.3 is 7.12 Å². The van der Waals surface area contributed by atoms with Gasteiger partial charge in [-0.15, -0.1) is 11.3 Å². The zero-order valence-corrected chi connectivity index (χ0v) is 11.9. The van der Waals surface area contributed by atoms with Gasteiger partial charge in [0.05, 0.1) is 17.1 Å². The Labute approximate surface area is 107 Å². The summed E-state index contributed by atoms with van der Waals surface area (Å²) in [5.74, 6) is -0.213. The highest BCUT2D eigenvalue weighted by Gasteiger charge is 2.53. The Morgan fingerprint density at radius 3 is 2.12 bits per heavy atom. The minimum absolute atomic E-state index is 0.213. The van der Waals surface area contributed by atoms with Crippen LogP contribution in [0.1, 0.15) is 43.4 Å². The molecule has 3 nitrogen and oxygen atoms in total. The Kier molecular flexibility index (Phi) is 3.15. The van der Waals surface area contributed by atoms with Gasteiger partial charge in [0.25, 0.3) is 0 Å². The zero-order chi connectivity index (χ0) is 12.8. The molecule has 0 spiro atoms. The number of rotatable bonds is 2. The summed E-state index contributed by atoms with van der Waals surface area (Å²) >= 11 is 1.70. The lowest BCUT2D eigenvalue weighted by molar-refractivity contribution is 0.00578. The first-order chi connectivity index (χ1) is 7.73. The molecule has 0 saturated carbocycles. The summed E-state index contributed by atoms with van der Waals surface area (Å²) in [5.41, 5.74) is 5.58. The van der Waals surface area contributed by atoms with Crippen molar-refractivity contribution >= 4 is 18.5 Å². The summed E-state index contributed by atoms with van der Waals surface area (Å²) < 4.78 is 11.9. The topological polar surface area (TPSA) is 44.5 Å². The van der Waals surface area contributed by atoms with Crippen molar-refractivity contribution in [3.05, 3.63) is 21.9 Å². The summed E-state index contributed by atoms with van der Waals surface area (Å²) in [4.78, 5) is 2.37. The molecule has 0 aromatic carbocycles. The molecule has 1 aliphatic heterocycles. The highest BCUT2D eigenvalue weighted by atomic mass is 32.1. The zero-order valence-electron chi connectivity index (χ0n) is 11.1. The average Bonchev–Trinajstić information content (AvgIpc) is 2.69. The van der Waals surface area contributed by atoms with Crippen LogP contribution in [0.4, 0.5) is 0 Å². The molecule has 0 aliphatic carbocycles. The quantitative estimate of drug-likeness (QED) is 0.824. The summed E-state index contributed by atoms with van der Waals surface area (Å²) in [7, 11) is -0.363. The van der Waals surface area contributed by atoms with Crippen molar-refractivity contribution < 1.29 is 9.31 Å². The van der Waals surface area contributed by atoms with E-state index in [0.29, 0.717) is 0 Å². The molecule has 1 saturated heterocycles. The van der Waals surface area contributed by atoms with Gasteiger partial charge < -0.3 is 15.0 Å². The van der Waals surface area contributed by atoms with Gasteiger partial charge in [-0.3, -0.25) is 0 Å². The van der Waals surface area contributed by atoms with E-state index < -0.39 is 0 Å². The van der Waals surface area contributed by atoms with Gasteiger partial charge in [-0.05, 0) is 46.8 Å². The highest BCUT2D eigenvalue weighted by Crippen LogP contribution is 2.40. The van der Waals surface area contributed by atoms with E-state index in [1.807, 2.05) is 27.7 Å². The van der Waals surface area contributed by atoms with Gasteiger partial charge in [-0.1, -0.05) is 0 Å². The standard InChI is InChI=1S/C12H20BNO2S/c1-8-6-7-9(17-8)10(14)13-15-11(2,3)12(4,5)16-13/h6-7,10H,14H2,1-5H3/t10-/m1/s1. The van der Waals surface area contributed by atoms with Gasteiger partial charge in [0.2, 0.25) is 0 Å². The molecule has 0 bridgehead atoms. The van der Waals surface area contributed by atoms with Crippen LogP contribution in [-0.2, 0) is 9.31 Å². The average molecular weight is 253 g/mol. The van der Waals surface area contributed by atoms with Gasteiger partial charge in [-0.25, -0.2) is 0 Å². The Balaban J connectivity index is 2.16. The fraction of sp³-hybridized carbons (Fsp3) is 0.667. The molecule has 1 aromatic rings. The number of hydrogen-bond donors (Lipinski definition) is 1. The third-order valence-electron chi connectivity index (χ3n) is 3.65. The van der Waals surface area contributed by atoms with E-state index in [2.05, 4.69) is 19.1 Å². The molecule has 94 valence electrons. The highest BCUT2D eigenvalue weighted by molar-refractivity contribution is 7.12. The van der Waals surface area contributed by atoms with Gasteiger partial charge in [-0.2, -0.15) is 0 Å².